The minimum absolute atomic E-state index is 0. The molecular formula is C22H37IN4OS. The maximum atomic E-state index is 5.66. The maximum absolute atomic E-state index is 5.66. The van der Waals surface area contributed by atoms with Gasteiger partial charge in [0.1, 0.15) is 0 Å². The monoisotopic (exact) mass is 532 g/mol. The number of thioether (sulfide) groups is 1. The van der Waals surface area contributed by atoms with Crippen LogP contribution >= 0.6 is 35.7 Å². The van der Waals surface area contributed by atoms with Gasteiger partial charge < -0.3 is 20.7 Å². The van der Waals surface area contributed by atoms with Crippen molar-refractivity contribution in [1.82, 2.24) is 16.0 Å². The van der Waals surface area contributed by atoms with Gasteiger partial charge >= 0.3 is 0 Å². The number of hydrogen-bond acceptors (Lipinski definition) is 4. The average molecular weight is 533 g/mol. The van der Waals surface area contributed by atoms with Crippen LogP contribution in [0.25, 0.3) is 0 Å². The molecule has 0 radical (unpaired) electrons. The van der Waals surface area contributed by atoms with Crippen LogP contribution in [0.1, 0.15) is 51.1 Å². The lowest BCUT2D eigenvalue weighted by Crippen LogP contribution is -2.53. The van der Waals surface area contributed by atoms with E-state index in [9.17, 15) is 0 Å². The lowest BCUT2D eigenvalue weighted by Gasteiger charge is -2.39. The quantitative estimate of drug-likeness (QED) is 0.269. The highest BCUT2D eigenvalue weighted by atomic mass is 127. The third-order valence-electron chi connectivity index (χ3n) is 5.68. The first-order valence-electron chi connectivity index (χ1n) is 10.7. The number of rotatable bonds is 8. The number of hydrogen-bond donors (Lipinski definition) is 3. The Bertz CT molecular complexity index is 604. The van der Waals surface area contributed by atoms with Crippen LogP contribution in [0.5, 0.6) is 0 Å². The number of benzene rings is 1. The van der Waals surface area contributed by atoms with Crippen molar-refractivity contribution in [2.24, 2.45) is 4.99 Å². The summed E-state index contributed by atoms with van der Waals surface area (Å²) in [5.41, 5.74) is 1.30. The number of nitrogens with zero attached hydrogens (tertiary/aromatic N) is 1. The molecule has 1 aromatic carbocycles. The normalized spacial score (nSPS) is 22.6. The fourth-order valence-corrected chi connectivity index (χ4v) is 5.18. The highest BCUT2D eigenvalue weighted by Crippen LogP contribution is 2.26. The van der Waals surface area contributed by atoms with Gasteiger partial charge in [-0.25, -0.2) is 0 Å². The first-order chi connectivity index (χ1) is 13.7. The number of nitrogens with one attached hydrogen (secondary N) is 3. The van der Waals surface area contributed by atoms with E-state index >= 15 is 0 Å². The van der Waals surface area contributed by atoms with Gasteiger partial charge in [-0.15, -0.1) is 24.0 Å². The molecule has 1 aromatic rings. The van der Waals surface area contributed by atoms with Crippen LogP contribution < -0.4 is 16.0 Å². The Hall–Kier alpha value is -0.510. The van der Waals surface area contributed by atoms with Crippen LogP contribution in [-0.2, 0) is 4.74 Å². The number of ether oxygens (including phenoxy) is 1. The summed E-state index contributed by atoms with van der Waals surface area (Å²) in [5, 5.41) is 11.6. The van der Waals surface area contributed by atoms with Crippen LogP contribution in [0.2, 0.25) is 0 Å². The largest absolute Gasteiger partial charge is 0.381 e. The smallest absolute Gasteiger partial charge is 0.191 e. The van der Waals surface area contributed by atoms with Gasteiger partial charge in [-0.05, 0) is 50.8 Å². The minimum Gasteiger partial charge on any atom is -0.381 e. The molecule has 2 saturated heterocycles. The predicted octanol–water partition coefficient (Wildman–Crippen LogP) is 3.96. The molecular weight excluding hydrogens is 495 g/mol. The Labute approximate surface area is 197 Å². The van der Waals surface area contributed by atoms with Crippen LogP contribution in [0, 0.1) is 0 Å². The van der Waals surface area contributed by atoms with Crippen molar-refractivity contribution in [3.8, 4) is 0 Å². The minimum atomic E-state index is -0.0159. The second kappa shape index (κ2) is 13.0. The number of aliphatic imine (C=N–C) groups is 1. The zero-order valence-corrected chi connectivity index (χ0v) is 20.9. The second-order valence-electron chi connectivity index (χ2n) is 7.88. The van der Waals surface area contributed by atoms with Gasteiger partial charge in [-0.2, -0.15) is 11.8 Å². The fourth-order valence-electron chi connectivity index (χ4n) is 3.98. The molecule has 2 atom stereocenters. The van der Waals surface area contributed by atoms with Crippen LogP contribution in [0.15, 0.2) is 35.3 Å². The molecule has 7 heteroatoms. The molecule has 5 nitrogen and oxygen atoms in total. The summed E-state index contributed by atoms with van der Waals surface area (Å²) in [6.07, 6.45) is 4.64. The summed E-state index contributed by atoms with van der Waals surface area (Å²) in [7, 11) is 0. The molecule has 2 aliphatic heterocycles. The molecule has 3 N–H and O–H groups in total. The standard InChI is InChI=1S/C22H36N4OS.HI/c1-3-23-21(24-16-20-10-7-15-28-20)25-17-22(11-13-27-14-12-22)26-18(2)19-8-5-4-6-9-19;/h4-6,8-9,18,20,26H,3,7,10-17H2,1-2H3,(H2,23,24,25);1H. The molecule has 2 fully saturated rings. The zero-order chi connectivity index (χ0) is 19.7. The Balaban J connectivity index is 0.00000300. The molecule has 3 rings (SSSR count). The molecule has 0 bridgehead atoms. The fraction of sp³-hybridized carbons (Fsp3) is 0.682. The molecule has 2 aliphatic rings. The molecule has 2 heterocycles. The Morgan fingerprint density at radius 2 is 2.00 bits per heavy atom. The molecule has 0 aliphatic carbocycles. The van der Waals surface area contributed by atoms with E-state index in [1.165, 1.54) is 24.2 Å². The van der Waals surface area contributed by atoms with E-state index in [4.69, 9.17) is 9.73 Å². The van der Waals surface area contributed by atoms with E-state index in [1.54, 1.807) is 0 Å². The topological polar surface area (TPSA) is 57.7 Å². The van der Waals surface area contributed by atoms with E-state index in [-0.39, 0.29) is 29.5 Å². The van der Waals surface area contributed by atoms with E-state index in [0.29, 0.717) is 6.04 Å². The summed E-state index contributed by atoms with van der Waals surface area (Å²) >= 11 is 2.08. The van der Waals surface area contributed by atoms with Crippen LogP contribution in [-0.4, -0.2) is 55.3 Å². The van der Waals surface area contributed by atoms with E-state index in [0.717, 1.165) is 56.9 Å². The second-order valence-corrected chi connectivity index (χ2v) is 9.29. The number of halogens is 1. The van der Waals surface area contributed by atoms with Crippen molar-refractivity contribution in [2.45, 2.75) is 56.4 Å². The zero-order valence-electron chi connectivity index (χ0n) is 17.8. The summed E-state index contributed by atoms with van der Waals surface area (Å²) in [6.45, 7) is 8.62. The Kier molecular flexibility index (Phi) is 11.1. The summed E-state index contributed by atoms with van der Waals surface area (Å²) < 4.78 is 5.66. The Morgan fingerprint density at radius 1 is 1.24 bits per heavy atom. The number of guanidine groups is 1. The van der Waals surface area contributed by atoms with Gasteiger partial charge in [0.2, 0.25) is 0 Å². The highest BCUT2D eigenvalue weighted by Gasteiger charge is 2.34. The van der Waals surface area contributed by atoms with Gasteiger partial charge in [0.05, 0.1) is 6.54 Å². The molecule has 164 valence electrons. The third-order valence-corrected chi connectivity index (χ3v) is 7.08. The van der Waals surface area contributed by atoms with Gasteiger partial charge in [-0.3, -0.25) is 4.99 Å². The maximum Gasteiger partial charge on any atom is 0.191 e. The molecule has 0 spiro atoms. The van der Waals surface area contributed by atoms with Gasteiger partial charge in [-0.1, -0.05) is 30.3 Å². The third kappa shape index (κ3) is 7.92. The summed E-state index contributed by atoms with van der Waals surface area (Å²) in [5.74, 6) is 2.24. The van der Waals surface area contributed by atoms with Crippen molar-refractivity contribution in [2.75, 3.05) is 38.6 Å². The van der Waals surface area contributed by atoms with Crippen molar-refractivity contribution in [3.05, 3.63) is 35.9 Å². The van der Waals surface area contributed by atoms with Gasteiger partial charge in [0, 0.05) is 43.1 Å². The molecule has 0 aromatic heterocycles. The van der Waals surface area contributed by atoms with Crippen LogP contribution in [0.4, 0.5) is 0 Å². The lowest BCUT2D eigenvalue weighted by molar-refractivity contribution is 0.0374. The van der Waals surface area contributed by atoms with Crippen LogP contribution in [0.3, 0.4) is 0 Å². The van der Waals surface area contributed by atoms with Gasteiger partial charge in [0.25, 0.3) is 0 Å². The first kappa shape index (κ1) is 24.8. The average Bonchev–Trinajstić information content (AvgIpc) is 3.25. The summed E-state index contributed by atoms with van der Waals surface area (Å²) in [6, 6.07) is 11.0. The lowest BCUT2D eigenvalue weighted by atomic mass is 9.88. The predicted molar refractivity (Wildman–Crippen MR) is 136 cm³/mol. The first-order valence-corrected chi connectivity index (χ1v) is 11.8. The van der Waals surface area contributed by atoms with E-state index < -0.39 is 0 Å². The highest BCUT2D eigenvalue weighted by molar-refractivity contribution is 14.0. The molecule has 29 heavy (non-hydrogen) atoms. The Morgan fingerprint density at radius 3 is 2.66 bits per heavy atom. The van der Waals surface area contributed by atoms with Crippen molar-refractivity contribution < 1.29 is 4.74 Å². The van der Waals surface area contributed by atoms with E-state index in [1.807, 2.05) is 0 Å². The van der Waals surface area contributed by atoms with Crippen molar-refractivity contribution >= 4 is 41.7 Å². The van der Waals surface area contributed by atoms with Crippen molar-refractivity contribution in [1.29, 1.82) is 0 Å². The molecule has 0 amide bonds. The van der Waals surface area contributed by atoms with Crippen molar-refractivity contribution in [3.63, 3.8) is 0 Å². The molecule has 2 unspecified atom stereocenters. The van der Waals surface area contributed by atoms with E-state index in [2.05, 4.69) is 71.9 Å². The van der Waals surface area contributed by atoms with Gasteiger partial charge in [0.15, 0.2) is 5.96 Å². The SMILES string of the molecule is CCNC(=NCC1(NC(C)c2ccccc2)CCOCC1)NCC1CCCS1.I. The summed E-state index contributed by atoms with van der Waals surface area (Å²) in [4.78, 5) is 4.98. The molecule has 0 saturated carbocycles.